The molecule has 66 heavy (non-hydrogen) atoms. The number of anilines is 2. The number of piperazine rings is 1. The number of carbonyl (C=O) groups excluding carboxylic acids is 4. The second kappa shape index (κ2) is 20.3. The first-order valence-electron chi connectivity index (χ1n) is 21.6. The van der Waals surface area contributed by atoms with Crippen molar-refractivity contribution >= 4 is 68.9 Å². The zero-order valence-electron chi connectivity index (χ0n) is 38.0. The van der Waals surface area contributed by atoms with E-state index in [2.05, 4.69) is 37.1 Å². The number of carbonyl (C=O) groups is 4. The van der Waals surface area contributed by atoms with E-state index < -0.39 is 17.7 Å². The third-order valence-electron chi connectivity index (χ3n) is 11.2. The van der Waals surface area contributed by atoms with Crippen LogP contribution in [0.3, 0.4) is 0 Å². The lowest BCUT2D eigenvalue weighted by Crippen LogP contribution is -2.46. The Morgan fingerprint density at radius 3 is 1.97 bits per heavy atom. The average Bonchev–Trinajstić information content (AvgIpc) is 4.07. The molecule has 21 heteroatoms. The summed E-state index contributed by atoms with van der Waals surface area (Å²) in [5.74, 6) is -0.401. The topological polar surface area (TPSA) is 245 Å². The number of hydrogen-bond acceptors (Lipinski definition) is 14. The van der Waals surface area contributed by atoms with Crippen molar-refractivity contribution in [2.24, 2.45) is 11.5 Å². The van der Waals surface area contributed by atoms with Gasteiger partial charge in [0.1, 0.15) is 33.1 Å². The van der Waals surface area contributed by atoms with Crippen molar-refractivity contribution in [2.45, 2.75) is 60.2 Å². The van der Waals surface area contributed by atoms with Gasteiger partial charge in [-0.2, -0.15) is 5.10 Å². The second-order valence-corrected chi connectivity index (χ2v) is 16.8. The number of thiazole rings is 1. The van der Waals surface area contributed by atoms with Crippen molar-refractivity contribution in [1.29, 1.82) is 0 Å². The molecule has 4 amide bonds. The van der Waals surface area contributed by atoms with Crippen molar-refractivity contribution in [3.8, 4) is 11.5 Å². The number of ether oxygens (including phenoxy) is 3. The highest BCUT2D eigenvalue weighted by Crippen LogP contribution is 2.33. The summed E-state index contributed by atoms with van der Waals surface area (Å²) in [6.45, 7) is 16.7. The Morgan fingerprint density at radius 2 is 1.41 bits per heavy atom. The molecule has 7 rings (SSSR count). The lowest BCUT2D eigenvalue weighted by Gasteiger charge is -2.35. The van der Waals surface area contributed by atoms with Crippen LogP contribution in [0.2, 0.25) is 0 Å². The molecule has 0 radical (unpaired) electrons. The summed E-state index contributed by atoms with van der Waals surface area (Å²) in [5, 5.41) is 11.1. The van der Waals surface area contributed by atoms with Crippen LogP contribution in [0.15, 0.2) is 54.9 Å². The van der Waals surface area contributed by atoms with E-state index in [1.807, 2.05) is 39.8 Å². The van der Waals surface area contributed by atoms with Gasteiger partial charge < -0.3 is 39.7 Å². The molecule has 0 aliphatic carbocycles. The molecule has 0 bridgehead atoms. The predicted octanol–water partition coefficient (Wildman–Crippen LogP) is 4.71. The van der Waals surface area contributed by atoms with Gasteiger partial charge in [0.25, 0.3) is 11.8 Å². The molecule has 0 saturated carbocycles. The van der Waals surface area contributed by atoms with E-state index in [1.54, 1.807) is 45.2 Å². The Hall–Kier alpha value is -7.26. The van der Waals surface area contributed by atoms with Gasteiger partial charge in [-0.25, -0.2) is 15.0 Å². The van der Waals surface area contributed by atoms with Crippen molar-refractivity contribution in [3.63, 3.8) is 0 Å². The van der Waals surface area contributed by atoms with Crippen molar-refractivity contribution in [1.82, 2.24) is 43.7 Å². The molecule has 348 valence electrons. The molecule has 5 heterocycles. The highest BCUT2D eigenvalue weighted by molar-refractivity contribution is 7.13. The highest BCUT2D eigenvalue weighted by Gasteiger charge is 2.25. The highest BCUT2D eigenvalue weighted by atomic mass is 32.1. The second-order valence-electron chi connectivity index (χ2n) is 15.6. The molecular formula is C45H55N13O7S. The SMILES string of the molecule is C=C(OC)N1CCN(CCCOc2cc(C(N)=O)cc3nc(NC(=O)c4cc(C)nn4CC)n(C/C=C/Cn4c(NC(=O)c5sc(C)nc5CC)nc5cc(C(N)=O)cc(OC)c54)c23)CC1. The van der Waals surface area contributed by atoms with Crippen molar-refractivity contribution in [3.05, 3.63) is 93.0 Å². The third kappa shape index (κ3) is 10.0. The average molecular weight is 922 g/mol. The van der Waals surface area contributed by atoms with Gasteiger partial charge in [-0.1, -0.05) is 19.1 Å². The minimum Gasteiger partial charge on any atom is -0.494 e. The lowest BCUT2D eigenvalue weighted by molar-refractivity contribution is 0.0908. The molecular weight excluding hydrogens is 867 g/mol. The number of rotatable bonds is 20. The molecule has 6 N–H and O–H groups in total. The maximum Gasteiger partial charge on any atom is 0.276 e. The Kier molecular flexibility index (Phi) is 14.4. The fourth-order valence-electron chi connectivity index (χ4n) is 7.92. The number of allylic oxidation sites excluding steroid dienone is 2. The van der Waals surface area contributed by atoms with E-state index in [-0.39, 0.29) is 42.0 Å². The Bertz CT molecular complexity index is 2850. The molecule has 6 aromatic rings. The van der Waals surface area contributed by atoms with Gasteiger partial charge in [-0.3, -0.25) is 39.4 Å². The third-order valence-corrected chi connectivity index (χ3v) is 12.2. The summed E-state index contributed by atoms with van der Waals surface area (Å²) in [7, 11) is 3.09. The van der Waals surface area contributed by atoms with Crippen molar-refractivity contribution < 1.29 is 33.4 Å². The van der Waals surface area contributed by atoms with Crippen LogP contribution in [0, 0.1) is 13.8 Å². The number of nitrogens with zero attached hydrogens (tertiary/aromatic N) is 9. The first-order valence-corrected chi connectivity index (χ1v) is 22.4. The number of benzene rings is 2. The fraction of sp³-hybridized carbons (Fsp3) is 0.378. The van der Waals surface area contributed by atoms with Gasteiger partial charge in [-0.15, -0.1) is 11.3 Å². The Morgan fingerprint density at radius 1 is 0.818 bits per heavy atom. The number of nitrogens with one attached hydrogen (secondary N) is 2. The zero-order valence-corrected chi connectivity index (χ0v) is 38.8. The van der Waals surface area contributed by atoms with Gasteiger partial charge in [0.2, 0.25) is 23.7 Å². The first-order chi connectivity index (χ1) is 31.7. The van der Waals surface area contributed by atoms with E-state index in [9.17, 15) is 19.2 Å². The number of aromatic nitrogens is 7. The monoisotopic (exact) mass is 921 g/mol. The summed E-state index contributed by atoms with van der Waals surface area (Å²) in [6, 6.07) is 7.94. The van der Waals surface area contributed by atoms with Crippen LogP contribution in [-0.2, 0) is 30.8 Å². The lowest BCUT2D eigenvalue weighted by atomic mass is 10.1. The normalized spacial score (nSPS) is 13.2. The van der Waals surface area contributed by atoms with E-state index in [0.29, 0.717) is 87.4 Å². The molecule has 4 aromatic heterocycles. The van der Waals surface area contributed by atoms with Crippen LogP contribution in [0.1, 0.15) is 77.5 Å². The molecule has 0 atom stereocenters. The number of nitrogens with two attached hydrogens (primary N) is 2. The van der Waals surface area contributed by atoms with Gasteiger partial charge in [0, 0.05) is 63.5 Å². The molecule has 2 aromatic carbocycles. The summed E-state index contributed by atoms with van der Waals surface area (Å²) >= 11 is 1.29. The van der Waals surface area contributed by atoms with Gasteiger partial charge in [0.05, 0.1) is 48.3 Å². The maximum absolute atomic E-state index is 13.9. The molecule has 1 aliphatic heterocycles. The maximum atomic E-state index is 13.9. The summed E-state index contributed by atoms with van der Waals surface area (Å²) in [5.41, 5.74) is 15.3. The Labute approximate surface area is 385 Å². The van der Waals surface area contributed by atoms with E-state index in [4.69, 9.17) is 35.6 Å². The first kappa shape index (κ1) is 46.7. The number of methoxy groups -OCH3 is 2. The summed E-state index contributed by atoms with van der Waals surface area (Å²) in [4.78, 5) is 71.5. The van der Waals surface area contributed by atoms with Crippen LogP contribution < -0.4 is 31.6 Å². The van der Waals surface area contributed by atoms with E-state index in [1.165, 1.54) is 24.5 Å². The van der Waals surface area contributed by atoms with Gasteiger partial charge in [-0.05, 0) is 70.5 Å². The van der Waals surface area contributed by atoms with Crippen LogP contribution >= 0.6 is 11.3 Å². The molecule has 1 fully saturated rings. The standard InChI is InChI=1S/C45H55N13O7S/c1-8-31-39(66-27(4)48-31)43(62)52-45-49-32-22-29(40(46)59)24-35(64-7)37(32)56(45)14-10-11-15-57-38-33(50-44(57)51-42(61)34-21-26(3)53-58(34)9-2)23-30(41(47)60)25-36(38)65-20-12-13-54-16-18-55(19-17-54)28(5)63-6/h10-11,21-25H,5,8-9,12-20H2,1-4,6-7H3,(H2,46,59)(H2,47,60)(H,49,52,62)(H,50,51,61)/b11-10+. The van der Waals surface area contributed by atoms with Crippen LogP contribution in [0.4, 0.5) is 11.9 Å². The predicted molar refractivity (Wildman–Crippen MR) is 251 cm³/mol. The number of imidazole rings is 2. The van der Waals surface area contributed by atoms with Crippen molar-refractivity contribution in [2.75, 3.05) is 64.2 Å². The fourth-order valence-corrected chi connectivity index (χ4v) is 8.82. The Balaban J connectivity index is 1.22. The van der Waals surface area contributed by atoms with Crippen LogP contribution in [0.25, 0.3) is 22.1 Å². The quantitative estimate of drug-likeness (QED) is 0.0461. The van der Waals surface area contributed by atoms with Crippen LogP contribution in [-0.4, -0.2) is 121 Å². The smallest absolute Gasteiger partial charge is 0.276 e. The number of aryl methyl sites for hydroxylation is 4. The number of fused-ring (bicyclic) bond motifs is 2. The molecule has 20 nitrogen and oxygen atoms in total. The number of primary amides is 2. The summed E-state index contributed by atoms with van der Waals surface area (Å²) < 4.78 is 22.6. The summed E-state index contributed by atoms with van der Waals surface area (Å²) in [6.07, 6.45) is 4.98. The molecule has 1 aliphatic rings. The van der Waals surface area contributed by atoms with E-state index in [0.717, 1.165) is 37.7 Å². The largest absolute Gasteiger partial charge is 0.494 e. The number of hydrogen-bond donors (Lipinski definition) is 4. The molecule has 0 unspecified atom stereocenters. The zero-order chi connectivity index (χ0) is 47.2. The van der Waals surface area contributed by atoms with Gasteiger partial charge in [0.15, 0.2) is 5.88 Å². The number of amides is 4. The minimum atomic E-state index is -0.664. The molecule has 0 spiro atoms. The van der Waals surface area contributed by atoms with Crippen LogP contribution in [0.5, 0.6) is 11.5 Å². The van der Waals surface area contributed by atoms with Gasteiger partial charge >= 0.3 is 0 Å². The minimum absolute atomic E-state index is 0.165. The van der Waals surface area contributed by atoms with E-state index >= 15 is 0 Å². The molecule has 1 saturated heterocycles.